The van der Waals surface area contributed by atoms with Gasteiger partial charge in [-0.2, -0.15) is 0 Å². The van der Waals surface area contributed by atoms with Gasteiger partial charge in [-0.3, -0.25) is 4.79 Å². The number of nitrogen functional groups attached to an aromatic ring is 1. The number of nitrogens with one attached hydrogen (secondary N) is 1. The third-order valence-electron chi connectivity index (χ3n) is 3.25. The lowest BCUT2D eigenvalue weighted by Gasteiger charge is -2.09. The molecule has 2 rings (SSSR count). The number of amides is 1. The van der Waals surface area contributed by atoms with Crippen molar-refractivity contribution >= 4 is 17.3 Å². The molecule has 0 aromatic heterocycles. The van der Waals surface area contributed by atoms with Gasteiger partial charge in [-0.05, 0) is 42.7 Å². The average molecular weight is 270 g/mol. The molecule has 1 amide bonds. The van der Waals surface area contributed by atoms with Crippen LogP contribution < -0.4 is 11.1 Å². The number of hydrogen-bond donors (Lipinski definition) is 3. The summed E-state index contributed by atoms with van der Waals surface area (Å²) in [5.74, 6) is -0.0553. The lowest BCUT2D eigenvalue weighted by Crippen LogP contribution is -2.15. The smallest absolute Gasteiger partial charge is 0.228 e. The molecule has 0 saturated carbocycles. The van der Waals surface area contributed by atoms with Crippen LogP contribution in [0.5, 0.6) is 5.75 Å². The molecule has 0 atom stereocenters. The molecule has 4 N–H and O–H groups in total. The highest BCUT2D eigenvalue weighted by molar-refractivity contribution is 5.95. The maximum absolute atomic E-state index is 12.0. The van der Waals surface area contributed by atoms with Crippen LogP contribution in [0.4, 0.5) is 11.4 Å². The minimum atomic E-state index is -0.134. The Morgan fingerprint density at radius 3 is 2.55 bits per heavy atom. The lowest BCUT2D eigenvalue weighted by atomic mass is 10.0. The fraction of sp³-hybridized carbons (Fsp3) is 0.188. The first-order valence-corrected chi connectivity index (χ1v) is 6.40. The van der Waals surface area contributed by atoms with Crippen molar-refractivity contribution < 1.29 is 9.90 Å². The number of anilines is 2. The average Bonchev–Trinajstić information content (AvgIpc) is 2.37. The number of phenols is 1. The van der Waals surface area contributed by atoms with Crippen molar-refractivity contribution in [3.63, 3.8) is 0 Å². The van der Waals surface area contributed by atoms with Crippen LogP contribution in [-0.2, 0) is 11.2 Å². The Kier molecular flexibility index (Phi) is 3.94. The summed E-state index contributed by atoms with van der Waals surface area (Å²) in [5, 5.41) is 12.0. The Morgan fingerprint density at radius 2 is 1.90 bits per heavy atom. The predicted octanol–water partition coefficient (Wildman–Crippen LogP) is 2.77. The molecule has 0 aliphatic rings. The van der Waals surface area contributed by atoms with E-state index in [1.165, 1.54) is 23.3 Å². The number of benzene rings is 2. The maximum Gasteiger partial charge on any atom is 0.228 e. The molecule has 104 valence electrons. The summed E-state index contributed by atoms with van der Waals surface area (Å²) in [6.07, 6.45) is 0.293. The molecule has 0 bridgehead atoms. The fourth-order valence-electron chi connectivity index (χ4n) is 1.96. The van der Waals surface area contributed by atoms with E-state index in [1.807, 2.05) is 32.0 Å². The van der Waals surface area contributed by atoms with Crippen LogP contribution in [0.25, 0.3) is 0 Å². The van der Waals surface area contributed by atoms with Crippen LogP contribution in [0.3, 0.4) is 0 Å². The Morgan fingerprint density at radius 1 is 1.15 bits per heavy atom. The summed E-state index contributed by atoms with van der Waals surface area (Å²) in [6.45, 7) is 4.06. The lowest BCUT2D eigenvalue weighted by molar-refractivity contribution is -0.115. The van der Waals surface area contributed by atoms with Crippen molar-refractivity contribution in [2.45, 2.75) is 20.3 Å². The minimum Gasteiger partial charge on any atom is -0.508 e. The van der Waals surface area contributed by atoms with Crippen LogP contribution in [0.2, 0.25) is 0 Å². The summed E-state index contributed by atoms with van der Waals surface area (Å²) in [4.78, 5) is 12.0. The molecule has 0 aliphatic heterocycles. The zero-order valence-corrected chi connectivity index (χ0v) is 11.6. The minimum absolute atomic E-state index is 0.0784. The Labute approximate surface area is 118 Å². The first-order valence-electron chi connectivity index (χ1n) is 6.40. The third-order valence-corrected chi connectivity index (χ3v) is 3.25. The second kappa shape index (κ2) is 5.65. The van der Waals surface area contributed by atoms with Crippen molar-refractivity contribution in [1.29, 1.82) is 0 Å². The van der Waals surface area contributed by atoms with Gasteiger partial charge < -0.3 is 16.2 Å². The van der Waals surface area contributed by atoms with Gasteiger partial charge in [0.05, 0.1) is 17.8 Å². The SMILES string of the molecule is Cc1ccc(CC(=O)Nc2ccc(O)cc2N)cc1C. The van der Waals surface area contributed by atoms with E-state index >= 15 is 0 Å². The van der Waals surface area contributed by atoms with Gasteiger partial charge in [0.1, 0.15) is 5.75 Å². The number of rotatable bonds is 3. The molecular weight excluding hydrogens is 252 g/mol. The van der Waals surface area contributed by atoms with Crippen molar-refractivity contribution in [3.05, 3.63) is 53.1 Å². The van der Waals surface area contributed by atoms with Crippen LogP contribution in [0.1, 0.15) is 16.7 Å². The van der Waals surface area contributed by atoms with E-state index in [-0.39, 0.29) is 11.7 Å². The molecule has 0 spiro atoms. The zero-order valence-electron chi connectivity index (χ0n) is 11.6. The maximum atomic E-state index is 12.0. The van der Waals surface area contributed by atoms with Gasteiger partial charge in [0.25, 0.3) is 0 Å². The molecule has 0 radical (unpaired) electrons. The molecule has 20 heavy (non-hydrogen) atoms. The highest BCUT2D eigenvalue weighted by Crippen LogP contribution is 2.23. The van der Waals surface area contributed by atoms with Gasteiger partial charge in [0.15, 0.2) is 0 Å². The number of aryl methyl sites for hydroxylation is 2. The topological polar surface area (TPSA) is 75.3 Å². The highest BCUT2D eigenvalue weighted by atomic mass is 16.3. The first kappa shape index (κ1) is 13.9. The van der Waals surface area contributed by atoms with Crippen molar-refractivity contribution in [1.82, 2.24) is 0 Å². The van der Waals surface area contributed by atoms with Gasteiger partial charge in [-0.15, -0.1) is 0 Å². The van der Waals surface area contributed by atoms with Crippen LogP contribution in [0.15, 0.2) is 36.4 Å². The molecule has 2 aromatic carbocycles. The molecule has 0 fully saturated rings. The van der Waals surface area contributed by atoms with Gasteiger partial charge in [-0.1, -0.05) is 18.2 Å². The summed E-state index contributed by atoms with van der Waals surface area (Å²) in [5.41, 5.74) is 9.92. The van der Waals surface area contributed by atoms with E-state index in [4.69, 9.17) is 5.73 Å². The quantitative estimate of drug-likeness (QED) is 0.593. The predicted molar refractivity (Wildman–Crippen MR) is 80.8 cm³/mol. The summed E-state index contributed by atoms with van der Waals surface area (Å²) < 4.78 is 0. The molecule has 4 nitrogen and oxygen atoms in total. The Bertz CT molecular complexity index is 651. The van der Waals surface area contributed by atoms with E-state index in [2.05, 4.69) is 5.32 Å². The van der Waals surface area contributed by atoms with E-state index < -0.39 is 0 Å². The number of nitrogens with two attached hydrogens (primary N) is 1. The van der Waals surface area contributed by atoms with Crippen LogP contribution >= 0.6 is 0 Å². The highest BCUT2D eigenvalue weighted by Gasteiger charge is 2.07. The number of carbonyl (C=O) groups excluding carboxylic acids is 1. The second-order valence-corrected chi connectivity index (χ2v) is 4.92. The van der Waals surface area contributed by atoms with Gasteiger partial charge in [0, 0.05) is 6.07 Å². The van der Waals surface area contributed by atoms with Crippen molar-refractivity contribution in [2.75, 3.05) is 11.1 Å². The molecule has 2 aromatic rings. The molecule has 0 heterocycles. The van der Waals surface area contributed by atoms with Gasteiger partial charge >= 0.3 is 0 Å². The van der Waals surface area contributed by atoms with Crippen molar-refractivity contribution in [2.24, 2.45) is 0 Å². The standard InChI is InChI=1S/C16H18N2O2/c1-10-3-4-12(7-11(10)2)8-16(20)18-15-6-5-13(19)9-14(15)17/h3-7,9,19H,8,17H2,1-2H3,(H,18,20). The normalized spacial score (nSPS) is 10.3. The van der Waals surface area contributed by atoms with Gasteiger partial charge in [-0.25, -0.2) is 0 Å². The van der Waals surface area contributed by atoms with E-state index in [1.54, 1.807) is 6.07 Å². The molecule has 0 saturated heterocycles. The van der Waals surface area contributed by atoms with E-state index in [0.717, 1.165) is 5.56 Å². The van der Waals surface area contributed by atoms with Crippen LogP contribution in [-0.4, -0.2) is 11.0 Å². The van der Waals surface area contributed by atoms with E-state index in [9.17, 15) is 9.90 Å². The second-order valence-electron chi connectivity index (χ2n) is 4.92. The monoisotopic (exact) mass is 270 g/mol. The van der Waals surface area contributed by atoms with Crippen LogP contribution in [0, 0.1) is 13.8 Å². The first-order chi connectivity index (χ1) is 9.45. The molecule has 4 heteroatoms. The summed E-state index contributed by atoms with van der Waals surface area (Å²) in [6, 6.07) is 10.4. The van der Waals surface area contributed by atoms with Gasteiger partial charge in [0.2, 0.25) is 5.91 Å². The molecule has 0 aliphatic carbocycles. The van der Waals surface area contributed by atoms with Crippen molar-refractivity contribution in [3.8, 4) is 5.75 Å². The zero-order chi connectivity index (χ0) is 14.7. The number of hydrogen-bond acceptors (Lipinski definition) is 3. The Hall–Kier alpha value is -2.49. The number of aromatic hydroxyl groups is 1. The number of carbonyl (C=O) groups is 1. The third kappa shape index (κ3) is 3.29. The number of phenolic OH excluding ortho intramolecular Hbond substituents is 1. The summed E-state index contributed by atoms with van der Waals surface area (Å²) >= 11 is 0. The largest absolute Gasteiger partial charge is 0.508 e. The molecule has 0 unspecified atom stereocenters. The fourth-order valence-corrected chi connectivity index (χ4v) is 1.96. The Balaban J connectivity index is 2.07. The summed E-state index contributed by atoms with van der Waals surface area (Å²) in [7, 11) is 0. The van der Waals surface area contributed by atoms with E-state index in [0.29, 0.717) is 17.8 Å². The molecular formula is C16H18N2O2.